The van der Waals surface area contributed by atoms with Crippen LogP contribution in [0.15, 0.2) is 48.5 Å². The van der Waals surface area contributed by atoms with Crippen LogP contribution in [0.2, 0.25) is 5.02 Å². The van der Waals surface area contributed by atoms with Gasteiger partial charge in [0.25, 0.3) is 0 Å². The van der Waals surface area contributed by atoms with E-state index in [-0.39, 0.29) is 5.75 Å². The van der Waals surface area contributed by atoms with E-state index in [0.29, 0.717) is 10.4 Å². The lowest BCUT2D eigenvalue weighted by atomic mass is 10.2. The molecular formula is C16H11ClINO. The lowest BCUT2D eigenvalue weighted by molar-refractivity contribution is -0.604. The molecule has 100 valence electrons. The Morgan fingerprint density at radius 1 is 1.10 bits per heavy atom. The molecule has 0 aliphatic rings. The fourth-order valence-electron chi connectivity index (χ4n) is 2.00. The van der Waals surface area contributed by atoms with Crippen molar-refractivity contribution >= 4 is 22.5 Å². The number of aryl methyl sites for hydroxylation is 1. The van der Waals surface area contributed by atoms with Crippen LogP contribution in [0.1, 0.15) is 5.69 Å². The summed E-state index contributed by atoms with van der Waals surface area (Å²) in [7, 11) is 0. The Morgan fingerprint density at radius 3 is 2.60 bits per heavy atom. The van der Waals surface area contributed by atoms with Crippen molar-refractivity contribution in [2.75, 3.05) is 0 Å². The first-order valence-electron chi connectivity index (χ1n) is 6.12. The average molecular weight is 396 g/mol. The minimum Gasteiger partial charge on any atom is -0.869 e. The first kappa shape index (κ1) is 13.6. The summed E-state index contributed by atoms with van der Waals surface area (Å²) in [5.74, 6) is 0.0756. The maximum Gasteiger partial charge on any atom is 0.359 e. The van der Waals surface area contributed by atoms with Crippen LogP contribution in [0.4, 0.5) is 0 Å². The molecule has 0 saturated carbocycles. The van der Waals surface area contributed by atoms with Gasteiger partial charge in [0.2, 0.25) is 3.57 Å². The minimum absolute atomic E-state index is 0.0756. The Morgan fingerprint density at radius 2 is 1.85 bits per heavy atom. The second-order valence-corrected chi connectivity index (χ2v) is 7.69. The predicted octanol–water partition coefficient (Wildman–Crippen LogP) is 0.399. The standard InChI is InChI=1S/C16H11ClINO/c1-10-15(18-12-5-3-2-4-6-12)16(20)13-9-11(17)7-8-14(13)19-10/h2-9H,1H3. The Hall–Kier alpha value is -1.33. The second kappa shape index (κ2) is 5.58. The molecule has 0 N–H and O–H groups in total. The van der Waals surface area contributed by atoms with E-state index in [1.165, 1.54) is 3.57 Å². The van der Waals surface area contributed by atoms with Gasteiger partial charge >= 0.3 is 21.2 Å². The molecule has 2 aromatic carbocycles. The molecule has 0 spiro atoms. The summed E-state index contributed by atoms with van der Waals surface area (Å²) in [6, 6.07) is 15.4. The molecule has 0 radical (unpaired) electrons. The zero-order valence-electron chi connectivity index (χ0n) is 10.7. The van der Waals surface area contributed by atoms with E-state index in [4.69, 9.17) is 11.6 Å². The molecule has 0 atom stereocenters. The number of aromatic nitrogens is 1. The second-order valence-electron chi connectivity index (χ2n) is 4.39. The Bertz CT molecular complexity index is 774. The van der Waals surface area contributed by atoms with Crippen LogP contribution in [0.5, 0.6) is 5.75 Å². The molecule has 20 heavy (non-hydrogen) atoms. The van der Waals surface area contributed by atoms with E-state index in [1.54, 1.807) is 18.2 Å². The van der Waals surface area contributed by atoms with Gasteiger partial charge in [-0.25, -0.2) is 4.98 Å². The summed E-state index contributed by atoms with van der Waals surface area (Å²) in [5, 5.41) is 13.8. The van der Waals surface area contributed by atoms with Gasteiger partial charge in [0, 0.05) is 5.02 Å². The van der Waals surface area contributed by atoms with Gasteiger partial charge in [-0.3, -0.25) is 0 Å². The Labute approximate surface area is 132 Å². The van der Waals surface area contributed by atoms with Crippen molar-refractivity contribution in [1.82, 2.24) is 4.98 Å². The fraction of sp³-hybridized carbons (Fsp3) is 0.0625. The van der Waals surface area contributed by atoms with Crippen molar-refractivity contribution in [2.45, 2.75) is 6.92 Å². The number of hydrogen-bond donors (Lipinski definition) is 0. The third kappa shape index (κ3) is 2.60. The van der Waals surface area contributed by atoms with Gasteiger partial charge in [-0.05, 0) is 48.4 Å². The maximum absolute atomic E-state index is 12.6. The highest BCUT2D eigenvalue weighted by Gasteiger charge is 2.21. The Balaban J connectivity index is 2.15. The summed E-state index contributed by atoms with van der Waals surface area (Å²) in [6.45, 7) is 1.91. The monoisotopic (exact) mass is 395 g/mol. The van der Waals surface area contributed by atoms with Crippen LogP contribution in [-0.2, 0) is 0 Å². The number of benzene rings is 2. The van der Waals surface area contributed by atoms with Gasteiger partial charge < -0.3 is 5.11 Å². The summed E-state index contributed by atoms with van der Waals surface area (Å²) in [5.41, 5.74) is 1.55. The van der Waals surface area contributed by atoms with Crippen LogP contribution in [0, 0.1) is 14.1 Å². The van der Waals surface area contributed by atoms with Gasteiger partial charge in [0.1, 0.15) is 0 Å². The normalized spacial score (nSPS) is 10.9. The number of hydrogen-bond acceptors (Lipinski definition) is 2. The quantitative estimate of drug-likeness (QED) is 0.589. The number of fused-ring (bicyclic) bond motifs is 1. The molecule has 3 aromatic rings. The third-order valence-electron chi connectivity index (χ3n) is 2.95. The van der Waals surface area contributed by atoms with Crippen LogP contribution in [0.3, 0.4) is 0 Å². The molecule has 0 aliphatic carbocycles. The number of nitrogens with zero attached hydrogens (tertiary/aromatic N) is 1. The highest BCUT2D eigenvalue weighted by atomic mass is 127. The maximum atomic E-state index is 12.6. The lowest BCUT2D eigenvalue weighted by Gasteiger charge is -2.11. The third-order valence-corrected chi connectivity index (χ3v) is 6.33. The first-order chi connectivity index (χ1) is 9.65. The predicted molar refractivity (Wildman–Crippen MR) is 74.8 cm³/mol. The summed E-state index contributed by atoms with van der Waals surface area (Å²) in [6.07, 6.45) is 0. The molecule has 4 heteroatoms. The number of halogens is 2. The zero-order chi connectivity index (χ0) is 14.1. The van der Waals surface area contributed by atoms with E-state index in [0.717, 1.165) is 14.8 Å². The number of pyridine rings is 1. The van der Waals surface area contributed by atoms with Crippen molar-refractivity contribution < 1.29 is 26.3 Å². The fourth-order valence-corrected chi connectivity index (χ4v) is 4.61. The topological polar surface area (TPSA) is 36.0 Å². The Kier molecular flexibility index (Phi) is 3.81. The summed E-state index contributed by atoms with van der Waals surface area (Å²) < 4.78 is 2.07. The molecule has 1 aromatic heterocycles. The number of rotatable bonds is 2. The molecule has 0 unspecified atom stereocenters. The highest BCUT2D eigenvalue weighted by molar-refractivity contribution is 6.31. The molecule has 2 nitrogen and oxygen atoms in total. The lowest BCUT2D eigenvalue weighted by Crippen LogP contribution is -3.61. The molecule has 1 heterocycles. The van der Waals surface area contributed by atoms with E-state index in [1.807, 2.05) is 25.1 Å². The first-order valence-corrected chi connectivity index (χ1v) is 8.65. The van der Waals surface area contributed by atoms with E-state index < -0.39 is 21.2 Å². The molecule has 0 fully saturated rings. The van der Waals surface area contributed by atoms with Gasteiger partial charge in [-0.15, -0.1) is 0 Å². The van der Waals surface area contributed by atoms with E-state index in [2.05, 4.69) is 17.1 Å². The minimum atomic E-state index is -0.518. The SMILES string of the molecule is Cc1nc2ccc(Cl)cc2c([O-])c1[I+]c1ccccc1. The van der Waals surface area contributed by atoms with Crippen LogP contribution in [-0.4, -0.2) is 4.98 Å². The molecule has 0 aliphatic heterocycles. The van der Waals surface area contributed by atoms with E-state index in [9.17, 15) is 5.11 Å². The van der Waals surface area contributed by atoms with Crippen molar-refractivity contribution in [3.05, 3.63) is 66.4 Å². The summed E-state index contributed by atoms with van der Waals surface area (Å²) >= 11 is 5.47. The smallest absolute Gasteiger partial charge is 0.359 e. The average Bonchev–Trinajstić information content (AvgIpc) is 2.46. The molecule has 0 bridgehead atoms. The van der Waals surface area contributed by atoms with Gasteiger partial charge in [-0.2, -0.15) is 0 Å². The van der Waals surface area contributed by atoms with Gasteiger partial charge in [0.05, 0.1) is 11.2 Å². The summed E-state index contributed by atoms with van der Waals surface area (Å²) in [4.78, 5) is 4.54. The molecule has 0 saturated heterocycles. The van der Waals surface area contributed by atoms with Crippen LogP contribution >= 0.6 is 11.6 Å². The van der Waals surface area contributed by atoms with Gasteiger partial charge in [-0.1, -0.05) is 29.8 Å². The van der Waals surface area contributed by atoms with Crippen molar-refractivity contribution in [3.63, 3.8) is 0 Å². The van der Waals surface area contributed by atoms with Crippen LogP contribution < -0.4 is 26.3 Å². The van der Waals surface area contributed by atoms with Crippen LogP contribution in [0.25, 0.3) is 10.9 Å². The highest BCUT2D eigenvalue weighted by Crippen LogP contribution is 2.25. The molecule has 0 amide bonds. The molecular weight excluding hydrogens is 385 g/mol. The largest absolute Gasteiger partial charge is 0.869 e. The van der Waals surface area contributed by atoms with E-state index >= 15 is 0 Å². The molecule has 3 rings (SSSR count). The van der Waals surface area contributed by atoms with Crippen molar-refractivity contribution in [1.29, 1.82) is 0 Å². The van der Waals surface area contributed by atoms with Crippen molar-refractivity contribution in [3.8, 4) is 5.75 Å². The van der Waals surface area contributed by atoms with Crippen molar-refractivity contribution in [2.24, 2.45) is 0 Å². The zero-order valence-corrected chi connectivity index (χ0v) is 13.6. The van der Waals surface area contributed by atoms with Gasteiger partial charge in [0.15, 0.2) is 3.57 Å².